The van der Waals surface area contributed by atoms with Gasteiger partial charge in [-0.2, -0.15) is 0 Å². The number of hydrogen-bond donors (Lipinski definition) is 1. The summed E-state index contributed by atoms with van der Waals surface area (Å²) in [6, 6.07) is 5.95. The fourth-order valence-electron chi connectivity index (χ4n) is 2.54. The van der Waals surface area contributed by atoms with Crippen molar-refractivity contribution in [1.82, 2.24) is 4.90 Å². The maximum absolute atomic E-state index is 12.1. The van der Waals surface area contributed by atoms with Crippen LogP contribution in [0.5, 0.6) is 0 Å². The van der Waals surface area contributed by atoms with Crippen LogP contribution in [-0.2, 0) is 11.2 Å². The van der Waals surface area contributed by atoms with Gasteiger partial charge < -0.3 is 10.0 Å². The zero-order valence-corrected chi connectivity index (χ0v) is 12.0. The number of carbonyl (C=O) groups excluding carboxylic acids is 1. The molecule has 3 nitrogen and oxygen atoms in total. The molecule has 0 unspecified atom stereocenters. The first-order chi connectivity index (χ1) is 9.11. The van der Waals surface area contributed by atoms with Gasteiger partial charge in [0.25, 0.3) is 0 Å². The molecule has 0 bridgehead atoms. The van der Waals surface area contributed by atoms with Crippen LogP contribution in [0.1, 0.15) is 30.4 Å². The third-order valence-electron chi connectivity index (χ3n) is 3.77. The van der Waals surface area contributed by atoms with Gasteiger partial charge in [0.1, 0.15) is 0 Å². The molecule has 2 rings (SSSR count). The largest absolute Gasteiger partial charge is 0.394 e. The van der Waals surface area contributed by atoms with Crippen LogP contribution in [0.4, 0.5) is 0 Å². The van der Waals surface area contributed by atoms with Gasteiger partial charge in [0.2, 0.25) is 5.91 Å². The Morgan fingerprint density at radius 1 is 1.53 bits per heavy atom. The summed E-state index contributed by atoms with van der Waals surface area (Å²) in [4.78, 5) is 13.9. The quantitative estimate of drug-likeness (QED) is 0.921. The molecule has 104 valence electrons. The van der Waals surface area contributed by atoms with E-state index in [1.165, 1.54) is 0 Å². The second-order valence-corrected chi connectivity index (χ2v) is 5.56. The first-order valence-electron chi connectivity index (χ1n) is 6.77. The molecule has 1 aromatic carbocycles. The summed E-state index contributed by atoms with van der Waals surface area (Å²) in [6.07, 6.45) is 3.09. The van der Waals surface area contributed by atoms with Gasteiger partial charge in [0, 0.05) is 18.0 Å². The molecule has 0 aliphatic carbocycles. The third-order valence-corrected chi connectivity index (χ3v) is 4.18. The lowest BCUT2D eigenvalue weighted by Crippen LogP contribution is -2.37. The Balaban J connectivity index is 1.91. The van der Waals surface area contributed by atoms with Crippen LogP contribution >= 0.6 is 11.6 Å². The maximum Gasteiger partial charge on any atom is 0.223 e. The summed E-state index contributed by atoms with van der Waals surface area (Å²) >= 11 is 6.07. The van der Waals surface area contributed by atoms with E-state index < -0.39 is 0 Å². The van der Waals surface area contributed by atoms with Gasteiger partial charge in [-0.05, 0) is 43.4 Å². The second-order valence-electron chi connectivity index (χ2n) is 5.15. The molecule has 1 saturated heterocycles. The van der Waals surface area contributed by atoms with Crippen molar-refractivity contribution in [2.75, 3.05) is 13.2 Å². The summed E-state index contributed by atoms with van der Waals surface area (Å²) in [7, 11) is 0. The minimum absolute atomic E-state index is 0.0223. The normalized spacial score (nSPS) is 18.9. The van der Waals surface area contributed by atoms with E-state index in [2.05, 4.69) is 0 Å². The SMILES string of the molecule is Cc1ccc(CCC(=O)N2CCC[C@H]2CO)cc1Cl. The summed E-state index contributed by atoms with van der Waals surface area (Å²) < 4.78 is 0. The summed E-state index contributed by atoms with van der Waals surface area (Å²) in [6.45, 7) is 2.81. The molecule has 1 aliphatic rings. The van der Waals surface area contributed by atoms with E-state index in [1.807, 2.05) is 30.0 Å². The first-order valence-corrected chi connectivity index (χ1v) is 7.15. The van der Waals surface area contributed by atoms with Gasteiger partial charge in [-0.3, -0.25) is 4.79 Å². The highest BCUT2D eigenvalue weighted by atomic mass is 35.5. The second kappa shape index (κ2) is 6.40. The van der Waals surface area contributed by atoms with Crippen LogP contribution in [0.15, 0.2) is 18.2 Å². The Morgan fingerprint density at radius 2 is 2.32 bits per heavy atom. The molecule has 1 heterocycles. The number of hydrogen-bond acceptors (Lipinski definition) is 2. The average molecular weight is 282 g/mol. The Kier molecular flexibility index (Phi) is 4.83. The van der Waals surface area contributed by atoms with Gasteiger partial charge in [-0.1, -0.05) is 23.7 Å². The highest BCUT2D eigenvalue weighted by Crippen LogP contribution is 2.20. The first kappa shape index (κ1) is 14.4. The van der Waals surface area contributed by atoms with Crippen molar-refractivity contribution in [1.29, 1.82) is 0 Å². The number of likely N-dealkylation sites (tertiary alicyclic amines) is 1. The number of amides is 1. The van der Waals surface area contributed by atoms with E-state index in [1.54, 1.807) is 0 Å². The number of aliphatic hydroxyl groups is 1. The maximum atomic E-state index is 12.1. The zero-order chi connectivity index (χ0) is 13.8. The number of rotatable bonds is 4. The van der Waals surface area contributed by atoms with Gasteiger partial charge >= 0.3 is 0 Å². The van der Waals surface area contributed by atoms with Crippen molar-refractivity contribution in [2.24, 2.45) is 0 Å². The molecule has 0 radical (unpaired) electrons. The molecule has 1 aliphatic heterocycles. The molecule has 1 fully saturated rings. The lowest BCUT2D eigenvalue weighted by Gasteiger charge is -2.23. The smallest absolute Gasteiger partial charge is 0.223 e. The van der Waals surface area contributed by atoms with E-state index in [0.717, 1.165) is 35.5 Å². The molecular formula is C15H20ClNO2. The van der Waals surface area contributed by atoms with E-state index in [0.29, 0.717) is 12.8 Å². The zero-order valence-electron chi connectivity index (χ0n) is 11.2. The van der Waals surface area contributed by atoms with Crippen molar-refractivity contribution in [3.8, 4) is 0 Å². The van der Waals surface area contributed by atoms with Gasteiger partial charge in [-0.15, -0.1) is 0 Å². The van der Waals surface area contributed by atoms with Crippen molar-refractivity contribution < 1.29 is 9.90 Å². The molecule has 1 amide bonds. The van der Waals surface area contributed by atoms with E-state index >= 15 is 0 Å². The number of benzene rings is 1. The van der Waals surface area contributed by atoms with Gasteiger partial charge in [0.05, 0.1) is 12.6 Å². The summed E-state index contributed by atoms with van der Waals surface area (Å²) in [5, 5.41) is 9.98. The number of nitrogens with zero attached hydrogens (tertiary/aromatic N) is 1. The highest BCUT2D eigenvalue weighted by molar-refractivity contribution is 6.31. The van der Waals surface area contributed by atoms with E-state index in [-0.39, 0.29) is 18.6 Å². The van der Waals surface area contributed by atoms with Crippen LogP contribution in [0.3, 0.4) is 0 Å². The Labute approximate surface area is 119 Å². The monoisotopic (exact) mass is 281 g/mol. The molecule has 0 aromatic heterocycles. The molecule has 4 heteroatoms. The lowest BCUT2D eigenvalue weighted by atomic mass is 10.1. The molecule has 19 heavy (non-hydrogen) atoms. The fraction of sp³-hybridized carbons (Fsp3) is 0.533. The van der Waals surface area contributed by atoms with Crippen LogP contribution < -0.4 is 0 Å². The van der Waals surface area contributed by atoms with Crippen molar-refractivity contribution in [3.63, 3.8) is 0 Å². The predicted molar refractivity (Wildman–Crippen MR) is 76.3 cm³/mol. The number of aliphatic hydroxyl groups excluding tert-OH is 1. The predicted octanol–water partition coefficient (Wildman–Crippen LogP) is 2.56. The number of carbonyl (C=O) groups is 1. The van der Waals surface area contributed by atoms with Gasteiger partial charge in [-0.25, -0.2) is 0 Å². The van der Waals surface area contributed by atoms with Crippen LogP contribution in [0, 0.1) is 6.92 Å². The highest BCUT2D eigenvalue weighted by Gasteiger charge is 2.27. The minimum atomic E-state index is 0.0223. The Hall–Kier alpha value is -1.06. The molecule has 0 spiro atoms. The average Bonchev–Trinajstić information content (AvgIpc) is 2.88. The topological polar surface area (TPSA) is 40.5 Å². The van der Waals surface area contributed by atoms with Gasteiger partial charge in [0.15, 0.2) is 0 Å². The lowest BCUT2D eigenvalue weighted by molar-refractivity contribution is -0.132. The molecule has 1 N–H and O–H groups in total. The fourth-order valence-corrected chi connectivity index (χ4v) is 2.74. The Morgan fingerprint density at radius 3 is 3.00 bits per heavy atom. The minimum Gasteiger partial charge on any atom is -0.394 e. The van der Waals surface area contributed by atoms with Crippen LogP contribution in [0.25, 0.3) is 0 Å². The van der Waals surface area contributed by atoms with Crippen molar-refractivity contribution >= 4 is 17.5 Å². The molecular weight excluding hydrogens is 262 g/mol. The van der Waals surface area contributed by atoms with Crippen LogP contribution in [0.2, 0.25) is 5.02 Å². The van der Waals surface area contributed by atoms with E-state index in [4.69, 9.17) is 11.6 Å². The number of halogens is 1. The van der Waals surface area contributed by atoms with Crippen molar-refractivity contribution in [2.45, 2.75) is 38.6 Å². The number of aryl methyl sites for hydroxylation is 2. The third kappa shape index (κ3) is 3.48. The summed E-state index contributed by atoms with van der Waals surface area (Å²) in [5.41, 5.74) is 2.14. The molecule has 1 aromatic rings. The summed E-state index contributed by atoms with van der Waals surface area (Å²) in [5.74, 6) is 0.133. The van der Waals surface area contributed by atoms with Crippen molar-refractivity contribution in [3.05, 3.63) is 34.3 Å². The molecule has 0 saturated carbocycles. The molecule has 1 atom stereocenters. The van der Waals surface area contributed by atoms with E-state index in [9.17, 15) is 9.90 Å². The standard InChI is InChI=1S/C15H20ClNO2/c1-11-4-5-12(9-14(11)16)6-7-15(19)17-8-2-3-13(17)10-18/h4-5,9,13,18H,2-3,6-8,10H2,1H3/t13-/m0/s1. The Bertz CT molecular complexity index is 461. The van der Waals surface area contributed by atoms with Crippen LogP contribution in [-0.4, -0.2) is 35.1 Å².